The number of nitrogens with one attached hydrogen (secondary N) is 1. The van der Waals surface area contributed by atoms with Gasteiger partial charge in [0.15, 0.2) is 0 Å². The molecule has 0 aliphatic rings. The lowest BCUT2D eigenvalue weighted by molar-refractivity contribution is -0.440. The lowest BCUT2D eigenvalue weighted by atomic mass is 9.92. The molecule has 0 heterocycles. The molecule has 16 heteroatoms. The molecule has 0 aromatic heterocycles. The molecule has 0 unspecified atom stereocenters. The fourth-order valence-corrected chi connectivity index (χ4v) is 2.05. The van der Waals surface area contributed by atoms with E-state index in [-0.39, 0.29) is 11.3 Å². The first-order chi connectivity index (χ1) is 13.6. The molecule has 178 valence electrons. The maximum Gasteiger partial charge on any atom is 0.460 e. The molecule has 1 aromatic rings. The second-order valence-corrected chi connectivity index (χ2v) is 6.06. The van der Waals surface area contributed by atoms with E-state index in [0.29, 0.717) is 0 Å². The van der Waals surface area contributed by atoms with Crippen LogP contribution in [0.4, 0.5) is 62.8 Å². The lowest BCUT2D eigenvalue weighted by Gasteiger charge is -2.39. The third-order valence-electron chi connectivity index (χ3n) is 3.90. The van der Waals surface area contributed by atoms with Gasteiger partial charge in [-0.1, -0.05) is 0 Å². The van der Waals surface area contributed by atoms with Crippen molar-refractivity contribution in [2.45, 2.75) is 42.2 Å². The Morgan fingerprint density at radius 2 is 1.13 bits per heavy atom. The van der Waals surface area contributed by atoms with Crippen LogP contribution in [-0.2, 0) is 0 Å². The van der Waals surface area contributed by atoms with Crippen molar-refractivity contribution in [2.24, 2.45) is 0 Å². The summed E-state index contributed by atoms with van der Waals surface area (Å²) >= 11 is 0. The number of aromatic carboxylic acids is 1. The van der Waals surface area contributed by atoms with Gasteiger partial charge in [-0.05, 0) is 24.3 Å². The van der Waals surface area contributed by atoms with E-state index >= 15 is 0 Å². The number of benzene rings is 1. The number of carbonyl (C=O) groups is 1. The zero-order valence-corrected chi connectivity index (χ0v) is 14.5. The number of rotatable bonds is 9. The largest absolute Gasteiger partial charge is 0.478 e. The smallest absolute Gasteiger partial charge is 0.460 e. The summed E-state index contributed by atoms with van der Waals surface area (Å²) in [5, 5.41) is 10.6. The van der Waals surface area contributed by atoms with Crippen LogP contribution in [0.2, 0.25) is 0 Å². The summed E-state index contributed by atoms with van der Waals surface area (Å²) in [5.74, 6) is -38.4. The van der Waals surface area contributed by atoms with E-state index in [4.69, 9.17) is 5.11 Å². The van der Waals surface area contributed by atoms with Crippen LogP contribution in [0.5, 0.6) is 0 Å². The zero-order valence-electron chi connectivity index (χ0n) is 14.5. The van der Waals surface area contributed by atoms with Gasteiger partial charge in [-0.15, -0.1) is 0 Å². The topological polar surface area (TPSA) is 49.3 Å². The molecule has 0 bridgehead atoms. The standard InChI is InChI=1S/C15H10F13NO2/c16-10(17,5-6-29-8-3-1-7(2-4-8)9(30)31)11(18,19)12(20,21)13(22,23)14(24,25)15(26,27)28/h1-4,29H,5-6H2,(H,30,31). The maximum absolute atomic E-state index is 13.6. The number of carboxylic acids is 1. The summed E-state index contributed by atoms with van der Waals surface area (Å²) in [4.78, 5) is 10.6. The first kappa shape index (κ1) is 26.6. The highest BCUT2D eigenvalue weighted by Gasteiger charge is 2.90. The summed E-state index contributed by atoms with van der Waals surface area (Å²) < 4.78 is 168. The molecule has 0 aliphatic heterocycles. The average Bonchev–Trinajstić information content (AvgIpc) is 2.60. The second-order valence-electron chi connectivity index (χ2n) is 6.06. The summed E-state index contributed by atoms with van der Waals surface area (Å²) in [7, 11) is 0. The van der Waals surface area contributed by atoms with Crippen molar-refractivity contribution in [3.05, 3.63) is 29.8 Å². The van der Waals surface area contributed by atoms with Crippen molar-refractivity contribution in [3.63, 3.8) is 0 Å². The van der Waals surface area contributed by atoms with E-state index in [0.717, 1.165) is 24.3 Å². The normalized spacial score (nSPS) is 14.5. The molecule has 0 saturated heterocycles. The fourth-order valence-electron chi connectivity index (χ4n) is 2.05. The minimum Gasteiger partial charge on any atom is -0.478 e. The molecular formula is C15H10F13NO2. The molecule has 0 fully saturated rings. The highest BCUT2D eigenvalue weighted by atomic mass is 19.4. The first-order valence-corrected chi connectivity index (χ1v) is 7.66. The van der Waals surface area contributed by atoms with E-state index in [2.05, 4.69) is 0 Å². The number of hydrogen-bond donors (Lipinski definition) is 2. The Labute approximate surface area is 163 Å². The predicted molar refractivity (Wildman–Crippen MR) is 77.3 cm³/mol. The Kier molecular flexibility index (Phi) is 6.81. The van der Waals surface area contributed by atoms with Gasteiger partial charge in [0, 0.05) is 18.7 Å². The Morgan fingerprint density at radius 1 is 0.710 bits per heavy atom. The van der Waals surface area contributed by atoms with Gasteiger partial charge < -0.3 is 10.4 Å². The van der Waals surface area contributed by atoms with E-state index < -0.39 is 54.7 Å². The summed E-state index contributed by atoms with van der Waals surface area (Å²) in [5.41, 5.74) is -0.514. The van der Waals surface area contributed by atoms with Crippen molar-refractivity contribution >= 4 is 11.7 Å². The monoisotopic (exact) mass is 483 g/mol. The maximum atomic E-state index is 13.6. The Balaban J connectivity index is 3.06. The molecule has 3 nitrogen and oxygen atoms in total. The van der Waals surface area contributed by atoms with Crippen LogP contribution in [0.1, 0.15) is 16.8 Å². The Morgan fingerprint density at radius 3 is 1.52 bits per heavy atom. The van der Waals surface area contributed by atoms with E-state index in [1.807, 2.05) is 5.32 Å². The molecule has 31 heavy (non-hydrogen) atoms. The molecule has 0 radical (unpaired) electrons. The van der Waals surface area contributed by atoms with Crippen LogP contribution in [0.3, 0.4) is 0 Å². The third-order valence-corrected chi connectivity index (χ3v) is 3.90. The van der Waals surface area contributed by atoms with E-state index in [1.165, 1.54) is 0 Å². The van der Waals surface area contributed by atoms with Crippen LogP contribution in [0.25, 0.3) is 0 Å². The predicted octanol–water partition coefficient (Wildman–Crippen LogP) is 5.93. The van der Waals surface area contributed by atoms with Crippen LogP contribution >= 0.6 is 0 Å². The Hall–Kier alpha value is -2.42. The van der Waals surface area contributed by atoms with Gasteiger partial charge in [-0.3, -0.25) is 0 Å². The molecule has 0 saturated carbocycles. The van der Waals surface area contributed by atoms with Crippen LogP contribution in [-0.4, -0.2) is 53.4 Å². The minimum absolute atomic E-state index is 0.218. The molecule has 0 amide bonds. The van der Waals surface area contributed by atoms with Crippen molar-refractivity contribution in [1.29, 1.82) is 0 Å². The van der Waals surface area contributed by atoms with Crippen LogP contribution in [0, 0.1) is 0 Å². The van der Waals surface area contributed by atoms with E-state index in [1.54, 1.807) is 0 Å². The first-order valence-electron chi connectivity index (χ1n) is 7.66. The Bertz CT molecular complexity index is 787. The molecular weight excluding hydrogens is 473 g/mol. The van der Waals surface area contributed by atoms with Gasteiger partial charge in [0.1, 0.15) is 0 Å². The summed E-state index contributed by atoms with van der Waals surface area (Å²) in [6.45, 7) is -1.37. The number of alkyl halides is 13. The average molecular weight is 483 g/mol. The van der Waals surface area contributed by atoms with Gasteiger partial charge >= 0.3 is 41.8 Å². The lowest BCUT2D eigenvalue weighted by Crippen LogP contribution is -2.70. The van der Waals surface area contributed by atoms with Crippen molar-refractivity contribution < 1.29 is 67.0 Å². The molecule has 0 aliphatic carbocycles. The van der Waals surface area contributed by atoms with Gasteiger partial charge in [0.05, 0.1) is 5.56 Å². The third kappa shape index (κ3) is 4.46. The quantitative estimate of drug-likeness (QED) is 0.429. The SMILES string of the molecule is O=C(O)c1ccc(NCCC(F)(F)C(F)(F)C(F)(F)C(F)(F)C(F)(F)C(F)(F)F)cc1. The second kappa shape index (κ2) is 7.93. The van der Waals surface area contributed by atoms with Gasteiger partial charge in [-0.2, -0.15) is 57.1 Å². The molecule has 2 N–H and O–H groups in total. The van der Waals surface area contributed by atoms with Crippen molar-refractivity contribution in [1.82, 2.24) is 0 Å². The fraction of sp³-hybridized carbons (Fsp3) is 0.533. The highest BCUT2D eigenvalue weighted by molar-refractivity contribution is 5.87. The van der Waals surface area contributed by atoms with E-state index in [9.17, 15) is 61.9 Å². The van der Waals surface area contributed by atoms with Gasteiger partial charge in [-0.25, -0.2) is 4.79 Å². The van der Waals surface area contributed by atoms with Crippen LogP contribution in [0.15, 0.2) is 24.3 Å². The summed E-state index contributed by atoms with van der Waals surface area (Å²) in [6.07, 6.45) is -9.85. The highest BCUT2D eigenvalue weighted by Crippen LogP contribution is 2.60. The minimum atomic E-state index is -7.93. The summed E-state index contributed by atoms with van der Waals surface area (Å²) in [6, 6.07) is 3.66. The van der Waals surface area contributed by atoms with Crippen molar-refractivity contribution in [3.8, 4) is 0 Å². The van der Waals surface area contributed by atoms with Gasteiger partial charge in [0.2, 0.25) is 0 Å². The molecule has 0 atom stereocenters. The number of carboxylic acid groups (broad SMARTS) is 1. The molecule has 0 spiro atoms. The van der Waals surface area contributed by atoms with Gasteiger partial charge in [0.25, 0.3) is 0 Å². The number of anilines is 1. The number of halogens is 13. The number of hydrogen-bond acceptors (Lipinski definition) is 2. The van der Waals surface area contributed by atoms with Crippen LogP contribution < -0.4 is 5.32 Å². The zero-order chi connectivity index (χ0) is 24.7. The molecule has 1 aromatic carbocycles. The van der Waals surface area contributed by atoms with Crippen molar-refractivity contribution in [2.75, 3.05) is 11.9 Å². The molecule has 1 rings (SSSR count).